The van der Waals surface area contributed by atoms with Crippen molar-refractivity contribution in [2.24, 2.45) is 13.0 Å². The van der Waals surface area contributed by atoms with Gasteiger partial charge in [-0.05, 0) is 17.4 Å². The Morgan fingerprint density at radius 3 is 2.69 bits per heavy atom. The zero-order valence-electron chi connectivity index (χ0n) is 18.2. The highest BCUT2D eigenvalue weighted by atomic mass is 32.2. The van der Waals surface area contributed by atoms with Crippen LogP contribution in [0.4, 0.5) is 0 Å². The first-order valence-electron chi connectivity index (χ1n) is 10.5. The van der Waals surface area contributed by atoms with Gasteiger partial charge in [-0.2, -0.15) is 0 Å². The second kappa shape index (κ2) is 9.22. The summed E-state index contributed by atoms with van der Waals surface area (Å²) in [4.78, 5) is 31.4. The number of benzene rings is 2. The van der Waals surface area contributed by atoms with E-state index >= 15 is 0 Å². The van der Waals surface area contributed by atoms with E-state index in [4.69, 9.17) is 4.74 Å². The maximum atomic E-state index is 12.6. The zero-order chi connectivity index (χ0) is 22.8. The first kappa shape index (κ1) is 22.2. The molecule has 0 aliphatic heterocycles. The Balaban J connectivity index is 1.62. The molecule has 8 nitrogen and oxygen atoms in total. The zero-order valence-corrected chi connectivity index (χ0v) is 19.1. The molecule has 2 N–H and O–H groups in total. The first-order valence-corrected chi connectivity index (χ1v) is 11.4. The van der Waals surface area contributed by atoms with Gasteiger partial charge in [-0.25, -0.2) is 9.78 Å². The lowest BCUT2D eigenvalue weighted by Gasteiger charge is -2.16. The molecule has 2 aromatic heterocycles. The average Bonchev–Trinajstić information content (AvgIpc) is 3.13. The third-order valence-corrected chi connectivity index (χ3v) is 6.50. The Morgan fingerprint density at radius 1 is 1.16 bits per heavy atom. The molecule has 0 fully saturated rings. The summed E-state index contributed by atoms with van der Waals surface area (Å²) in [7, 11) is 1.56. The Hall–Kier alpha value is -3.04. The number of hydrogen-bond acceptors (Lipinski definition) is 6. The molecule has 0 aliphatic carbocycles. The fraction of sp³-hybridized carbons (Fsp3) is 0.348. The number of aliphatic hydroxyl groups excluding tert-OH is 1. The monoisotopic (exact) mass is 454 g/mol. The number of imidazole rings is 1. The highest BCUT2D eigenvalue weighted by Gasteiger charge is 2.20. The second-order valence-electron chi connectivity index (χ2n) is 8.14. The van der Waals surface area contributed by atoms with Crippen LogP contribution in [0.2, 0.25) is 0 Å². The Labute approximate surface area is 188 Å². The lowest BCUT2D eigenvalue weighted by atomic mass is 10.1. The van der Waals surface area contributed by atoms with E-state index in [1.165, 1.54) is 16.3 Å². The van der Waals surface area contributed by atoms with Crippen molar-refractivity contribution >= 4 is 33.7 Å². The summed E-state index contributed by atoms with van der Waals surface area (Å²) in [6.45, 7) is 4.35. The maximum absolute atomic E-state index is 12.6. The third-order valence-electron chi connectivity index (χ3n) is 5.09. The summed E-state index contributed by atoms with van der Waals surface area (Å²) < 4.78 is 8.91. The van der Waals surface area contributed by atoms with Crippen LogP contribution >= 0.6 is 11.8 Å². The number of nitrogens with zero attached hydrogens (tertiary/aromatic N) is 3. The molecule has 0 saturated heterocycles. The lowest BCUT2D eigenvalue weighted by molar-refractivity contribution is 0.0921. The number of aryl methyl sites for hydroxylation is 1. The molecule has 4 aromatic rings. The molecule has 0 spiro atoms. The minimum Gasteiger partial charge on any atom is -0.490 e. The van der Waals surface area contributed by atoms with E-state index in [9.17, 15) is 14.7 Å². The van der Waals surface area contributed by atoms with Crippen molar-refractivity contribution in [2.45, 2.75) is 31.7 Å². The number of aliphatic hydroxyl groups is 1. The Morgan fingerprint density at radius 2 is 1.91 bits per heavy atom. The van der Waals surface area contributed by atoms with E-state index < -0.39 is 17.4 Å². The van der Waals surface area contributed by atoms with Crippen LogP contribution in [0.25, 0.3) is 21.9 Å². The number of fused-ring (bicyclic) bond motifs is 2. The molecule has 0 bridgehead atoms. The smallest absolute Gasteiger partial charge is 0.329 e. The van der Waals surface area contributed by atoms with Crippen molar-refractivity contribution in [3.05, 3.63) is 63.3 Å². The molecular weight excluding hydrogens is 428 g/mol. The van der Waals surface area contributed by atoms with E-state index in [2.05, 4.69) is 23.8 Å². The molecule has 0 saturated carbocycles. The van der Waals surface area contributed by atoms with Crippen molar-refractivity contribution in [1.29, 1.82) is 0 Å². The molecule has 0 radical (unpaired) electrons. The number of thioether (sulfide) groups is 1. The predicted molar refractivity (Wildman–Crippen MR) is 127 cm³/mol. The van der Waals surface area contributed by atoms with Crippen molar-refractivity contribution in [1.82, 2.24) is 19.1 Å². The highest BCUT2D eigenvalue weighted by Crippen LogP contribution is 2.26. The first-order chi connectivity index (χ1) is 15.3. The number of hydrogen-bond donors (Lipinski definition) is 2. The highest BCUT2D eigenvalue weighted by molar-refractivity contribution is 7.99. The van der Waals surface area contributed by atoms with E-state index in [-0.39, 0.29) is 18.7 Å². The van der Waals surface area contributed by atoms with Crippen molar-refractivity contribution < 1.29 is 9.84 Å². The van der Waals surface area contributed by atoms with Crippen LogP contribution in [-0.2, 0) is 13.6 Å². The quantitative estimate of drug-likeness (QED) is 0.397. The third kappa shape index (κ3) is 4.44. The van der Waals surface area contributed by atoms with Crippen LogP contribution in [0, 0.1) is 5.92 Å². The summed E-state index contributed by atoms with van der Waals surface area (Å²) in [6, 6.07) is 13.7. The van der Waals surface area contributed by atoms with Gasteiger partial charge in [-0.15, -0.1) is 0 Å². The van der Waals surface area contributed by atoms with E-state index in [1.54, 1.807) is 11.6 Å². The van der Waals surface area contributed by atoms with Gasteiger partial charge in [0.25, 0.3) is 5.56 Å². The van der Waals surface area contributed by atoms with Crippen molar-refractivity contribution in [3.63, 3.8) is 0 Å². The molecule has 2 heterocycles. The Kier molecular flexibility index (Phi) is 6.38. The fourth-order valence-electron chi connectivity index (χ4n) is 3.51. The average molecular weight is 455 g/mol. The summed E-state index contributed by atoms with van der Waals surface area (Å²) in [5.74, 6) is 1.89. The molecule has 0 unspecified atom stereocenters. The fourth-order valence-corrected chi connectivity index (χ4v) is 4.46. The van der Waals surface area contributed by atoms with Crippen LogP contribution in [0.1, 0.15) is 13.8 Å². The van der Waals surface area contributed by atoms with Gasteiger partial charge in [0.05, 0.1) is 6.54 Å². The van der Waals surface area contributed by atoms with Crippen LogP contribution in [0.3, 0.4) is 0 Å². The molecule has 168 valence electrons. The topological polar surface area (TPSA) is 102 Å². The maximum Gasteiger partial charge on any atom is 0.329 e. The van der Waals surface area contributed by atoms with Gasteiger partial charge in [-0.3, -0.25) is 14.3 Å². The number of aromatic amines is 1. The predicted octanol–water partition coefficient (Wildman–Crippen LogP) is 2.76. The summed E-state index contributed by atoms with van der Waals surface area (Å²) in [5.41, 5.74) is -0.476. The SMILES string of the molecule is CC(C)CSc1nc2c(c(=O)[nH]c(=O)n2C)n1C[C@H](O)COc1cccc2ccccc12. The normalized spacial score (nSPS) is 12.7. The van der Waals surface area contributed by atoms with E-state index in [0.29, 0.717) is 22.5 Å². The van der Waals surface area contributed by atoms with E-state index in [1.807, 2.05) is 42.5 Å². The summed E-state index contributed by atoms with van der Waals surface area (Å²) in [6.07, 6.45) is -0.888. The molecule has 32 heavy (non-hydrogen) atoms. The van der Waals surface area contributed by atoms with Crippen LogP contribution in [0.5, 0.6) is 5.75 Å². The molecule has 1 atom stereocenters. The number of ether oxygens (including phenoxy) is 1. The molecule has 0 aliphatic rings. The minimum absolute atomic E-state index is 0.0473. The standard InChI is InChI=1S/C23H26N4O4S/c1-14(2)13-32-23-24-20-19(21(29)25-22(30)26(20)3)27(23)11-16(28)12-31-18-10-6-8-15-7-4-5-9-17(15)18/h4-10,14,16,28H,11-13H2,1-3H3,(H,25,29,30)/t16-/m0/s1. The van der Waals surface area contributed by atoms with Gasteiger partial charge in [-0.1, -0.05) is 62.0 Å². The van der Waals surface area contributed by atoms with Crippen molar-refractivity contribution in [3.8, 4) is 5.75 Å². The number of rotatable bonds is 8. The number of aromatic nitrogens is 4. The number of nitrogens with one attached hydrogen (secondary N) is 1. The minimum atomic E-state index is -0.888. The van der Waals surface area contributed by atoms with Crippen LogP contribution < -0.4 is 16.0 Å². The van der Waals surface area contributed by atoms with Crippen molar-refractivity contribution in [2.75, 3.05) is 12.4 Å². The molecule has 2 aromatic carbocycles. The summed E-state index contributed by atoms with van der Waals surface area (Å²) >= 11 is 1.49. The number of H-pyrrole nitrogens is 1. The van der Waals surface area contributed by atoms with Gasteiger partial charge in [0.1, 0.15) is 18.5 Å². The molecule has 9 heteroatoms. The summed E-state index contributed by atoms with van der Waals surface area (Å²) in [5, 5.41) is 13.4. The van der Waals surface area contributed by atoms with Gasteiger partial charge in [0, 0.05) is 18.2 Å². The Bertz CT molecular complexity index is 1370. The van der Waals surface area contributed by atoms with Gasteiger partial charge in [0.2, 0.25) is 0 Å². The largest absolute Gasteiger partial charge is 0.490 e. The molecular formula is C23H26N4O4S. The van der Waals surface area contributed by atoms with Crippen LogP contribution in [0.15, 0.2) is 57.2 Å². The van der Waals surface area contributed by atoms with Gasteiger partial charge >= 0.3 is 5.69 Å². The molecule has 0 amide bonds. The lowest BCUT2D eigenvalue weighted by Crippen LogP contribution is -2.30. The van der Waals surface area contributed by atoms with E-state index in [0.717, 1.165) is 16.5 Å². The molecule has 4 rings (SSSR count). The van der Waals surface area contributed by atoms with Gasteiger partial charge in [0.15, 0.2) is 16.3 Å². The van der Waals surface area contributed by atoms with Gasteiger partial charge < -0.3 is 14.4 Å². The van der Waals surface area contributed by atoms with Crippen LogP contribution in [-0.4, -0.2) is 42.7 Å². The second-order valence-corrected chi connectivity index (χ2v) is 9.13.